The van der Waals surface area contributed by atoms with Crippen LogP contribution in [0.3, 0.4) is 0 Å². The topological polar surface area (TPSA) is 87.5 Å². The molecule has 0 unspecified atom stereocenters. The second-order valence-electron chi connectivity index (χ2n) is 8.74. The van der Waals surface area contributed by atoms with Crippen molar-refractivity contribution in [2.75, 3.05) is 19.7 Å². The smallest absolute Gasteiger partial charge is 0.258 e. The van der Waals surface area contributed by atoms with Crippen LogP contribution in [0.15, 0.2) is 41.5 Å². The zero-order valence-electron chi connectivity index (χ0n) is 17.2. The van der Waals surface area contributed by atoms with Crippen molar-refractivity contribution in [2.24, 2.45) is 17.8 Å². The number of hydrogen-bond donors (Lipinski definition) is 2. The van der Waals surface area contributed by atoms with E-state index in [0.29, 0.717) is 24.6 Å². The fourth-order valence-corrected chi connectivity index (χ4v) is 5.42. The first-order valence-electron chi connectivity index (χ1n) is 10.9. The van der Waals surface area contributed by atoms with Crippen LogP contribution in [0.25, 0.3) is 11.1 Å². The number of nitrogens with zero attached hydrogens (tertiary/aromatic N) is 3. The molecule has 2 aliphatic heterocycles. The Labute approximate surface area is 175 Å². The molecule has 1 saturated carbocycles. The van der Waals surface area contributed by atoms with E-state index in [2.05, 4.69) is 15.2 Å². The average Bonchev–Trinajstić information content (AvgIpc) is 3.54. The molecule has 1 aliphatic carbocycles. The van der Waals surface area contributed by atoms with Crippen LogP contribution in [-0.2, 0) is 11.3 Å². The summed E-state index contributed by atoms with van der Waals surface area (Å²) in [5.41, 5.74) is 2.35. The van der Waals surface area contributed by atoms with Crippen molar-refractivity contribution >= 4 is 5.91 Å². The van der Waals surface area contributed by atoms with E-state index in [1.807, 2.05) is 35.8 Å². The highest BCUT2D eigenvalue weighted by Crippen LogP contribution is 2.50. The van der Waals surface area contributed by atoms with E-state index in [0.717, 1.165) is 17.8 Å². The van der Waals surface area contributed by atoms with Crippen LogP contribution in [0.4, 0.5) is 0 Å². The summed E-state index contributed by atoms with van der Waals surface area (Å²) in [6.45, 7) is 3.86. The minimum atomic E-state index is -0.348. The van der Waals surface area contributed by atoms with Crippen LogP contribution < -0.4 is 10.9 Å². The Bertz CT molecular complexity index is 1000. The second kappa shape index (κ2) is 7.63. The molecular formula is C23H28N4O3. The third-order valence-corrected chi connectivity index (χ3v) is 6.98. The van der Waals surface area contributed by atoms with Crippen LogP contribution in [0.5, 0.6) is 0 Å². The van der Waals surface area contributed by atoms with Crippen LogP contribution in [0.2, 0.25) is 0 Å². The molecule has 7 nitrogen and oxygen atoms in total. The molecule has 7 heteroatoms. The monoisotopic (exact) mass is 408 g/mol. The summed E-state index contributed by atoms with van der Waals surface area (Å²) in [5.74, 6) is 0.114. The van der Waals surface area contributed by atoms with Crippen molar-refractivity contribution in [2.45, 2.75) is 38.4 Å². The normalized spacial score (nSPS) is 27.7. The van der Waals surface area contributed by atoms with Crippen molar-refractivity contribution in [3.63, 3.8) is 0 Å². The van der Waals surface area contributed by atoms with E-state index in [-0.39, 0.29) is 42.0 Å². The van der Waals surface area contributed by atoms with Crippen LogP contribution in [-0.4, -0.2) is 51.2 Å². The number of rotatable bonds is 6. The van der Waals surface area contributed by atoms with E-state index >= 15 is 0 Å². The number of hydrogen-bond acceptors (Lipinski definition) is 5. The van der Waals surface area contributed by atoms with Gasteiger partial charge >= 0.3 is 0 Å². The second-order valence-corrected chi connectivity index (χ2v) is 8.74. The number of amides is 1. The van der Waals surface area contributed by atoms with Crippen molar-refractivity contribution < 1.29 is 9.90 Å². The van der Waals surface area contributed by atoms with Gasteiger partial charge in [0, 0.05) is 61.9 Å². The highest BCUT2D eigenvalue weighted by molar-refractivity contribution is 5.80. The predicted octanol–water partition coefficient (Wildman–Crippen LogP) is 1.42. The van der Waals surface area contributed by atoms with Gasteiger partial charge < -0.3 is 15.0 Å². The Morgan fingerprint density at radius 3 is 2.67 bits per heavy atom. The SMILES string of the molecule is CCNC(=O)[C@H]1[C@H](CO)[C@H]2Cn3c(ccc(-c4ccncc4)c3=O)[C@@H]1N2CC1CC1. The molecule has 2 bridgehead atoms. The fraction of sp³-hybridized carbons (Fsp3) is 0.522. The Balaban J connectivity index is 1.61. The molecule has 1 saturated heterocycles. The van der Waals surface area contributed by atoms with Gasteiger partial charge in [0.1, 0.15) is 0 Å². The summed E-state index contributed by atoms with van der Waals surface area (Å²) in [6.07, 6.45) is 5.82. The minimum absolute atomic E-state index is 0.00824. The Kier molecular flexibility index (Phi) is 4.95. The first-order valence-corrected chi connectivity index (χ1v) is 10.9. The van der Waals surface area contributed by atoms with Crippen molar-refractivity contribution in [1.29, 1.82) is 0 Å². The molecular weight excluding hydrogens is 380 g/mol. The Morgan fingerprint density at radius 1 is 1.23 bits per heavy atom. The number of nitrogens with one attached hydrogen (secondary N) is 1. The van der Waals surface area contributed by atoms with E-state index in [4.69, 9.17) is 0 Å². The van der Waals surface area contributed by atoms with Crippen molar-refractivity contribution in [1.82, 2.24) is 19.8 Å². The van der Waals surface area contributed by atoms with Gasteiger partial charge in [-0.05, 0) is 55.5 Å². The standard InChI is InChI=1S/C23H28N4O3/c1-2-25-22(29)20-17(13-28)19-12-27-18(21(20)26(19)11-14-3-4-14)6-5-16(23(27)30)15-7-9-24-10-8-15/h5-10,14,17,19-21,28H,2-4,11-13H2,1H3,(H,25,29)/t17-,19-,20+,21+/m1/s1. The lowest BCUT2D eigenvalue weighted by Crippen LogP contribution is -2.47. The van der Waals surface area contributed by atoms with Crippen LogP contribution in [0, 0.1) is 17.8 Å². The van der Waals surface area contributed by atoms with Gasteiger partial charge in [0.05, 0.1) is 12.0 Å². The highest BCUT2D eigenvalue weighted by atomic mass is 16.3. The third-order valence-electron chi connectivity index (χ3n) is 6.98. The van der Waals surface area contributed by atoms with Gasteiger partial charge in [-0.3, -0.25) is 19.5 Å². The average molecular weight is 409 g/mol. The van der Waals surface area contributed by atoms with Crippen molar-refractivity contribution in [3.05, 3.63) is 52.7 Å². The zero-order valence-corrected chi connectivity index (χ0v) is 17.2. The summed E-state index contributed by atoms with van der Waals surface area (Å²) in [7, 11) is 0. The van der Waals surface area contributed by atoms with Gasteiger partial charge in [-0.15, -0.1) is 0 Å². The van der Waals surface area contributed by atoms with Gasteiger partial charge in [-0.25, -0.2) is 0 Å². The summed E-state index contributed by atoms with van der Waals surface area (Å²) in [5, 5.41) is 13.2. The lowest BCUT2D eigenvalue weighted by Gasteiger charge is -2.38. The number of aliphatic hydroxyl groups is 1. The summed E-state index contributed by atoms with van der Waals surface area (Å²) in [6, 6.07) is 7.38. The quantitative estimate of drug-likeness (QED) is 0.755. The van der Waals surface area contributed by atoms with Gasteiger partial charge in [0.25, 0.3) is 5.56 Å². The van der Waals surface area contributed by atoms with Gasteiger partial charge in [-0.2, -0.15) is 0 Å². The number of fused-ring (bicyclic) bond motifs is 4. The van der Waals surface area contributed by atoms with E-state index in [9.17, 15) is 14.7 Å². The van der Waals surface area contributed by atoms with Gasteiger partial charge in [-0.1, -0.05) is 0 Å². The molecule has 4 heterocycles. The maximum absolute atomic E-state index is 13.4. The molecule has 2 aromatic rings. The lowest BCUT2D eigenvalue weighted by molar-refractivity contribution is -0.127. The molecule has 0 spiro atoms. The molecule has 4 atom stereocenters. The summed E-state index contributed by atoms with van der Waals surface area (Å²) >= 11 is 0. The molecule has 158 valence electrons. The zero-order chi connectivity index (χ0) is 20.8. The first kappa shape index (κ1) is 19.5. The van der Waals surface area contributed by atoms with E-state index < -0.39 is 0 Å². The number of carbonyl (C=O) groups is 1. The lowest BCUT2D eigenvalue weighted by atomic mass is 9.86. The predicted molar refractivity (Wildman–Crippen MR) is 113 cm³/mol. The molecule has 2 fully saturated rings. The van der Waals surface area contributed by atoms with E-state index in [1.54, 1.807) is 12.4 Å². The number of aromatic nitrogens is 2. The summed E-state index contributed by atoms with van der Waals surface area (Å²) < 4.78 is 1.84. The molecule has 0 radical (unpaired) electrons. The molecule has 30 heavy (non-hydrogen) atoms. The van der Waals surface area contributed by atoms with Gasteiger partial charge in [0.15, 0.2) is 0 Å². The number of pyridine rings is 2. The Hall–Kier alpha value is -2.51. The van der Waals surface area contributed by atoms with E-state index in [1.165, 1.54) is 12.8 Å². The Morgan fingerprint density at radius 2 is 2.00 bits per heavy atom. The van der Waals surface area contributed by atoms with Gasteiger partial charge in [0.2, 0.25) is 5.91 Å². The van der Waals surface area contributed by atoms with Crippen molar-refractivity contribution in [3.8, 4) is 11.1 Å². The maximum Gasteiger partial charge on any atom is 0.258 e. The van der Waals surface area contributed by atoms with Crippen LogP contribution in [0.1, 0.15) is 31.5 Å². The third kappa shape index (κ3) is 3.08. The summed E-state index contributed by atoms with van der Waals surface area (Å²) in [4.78, 5) is 32.9. The molecule has 0 aromatic carbocycles. The first-order chi connectivity index (χ1) is 14.6. The maximum atomic E-state index is 13.4. The van der Waals surface area contributed by atoms with Crippen LogP contribution >= 0.6 is 0 Å². The largest absolute Gasteiger partial charge is 0.396 e. The molecule has 2 N–H and O–H groups in total. The molecule has 2 aromatic heterocycles. The molecule has 1 amide bonds. The minimum Gasteiger partial charge on any atom is -0.396 e. The fourth-order valence-electron chi connectivity index (χ4n) is 5.42. The molecule has 5 rings (SSSR count). The number of aliphatic hydroxyl groups excluding tert-OH is 1. The molecule has 3 aliphatic rings. The highest BCUT2D eigenvalue weighted by Gasteiger charge is 2.56. The number of carbonyl (C=O) groups excluding carboxylic acids is 1.